The molecule has 2 atom stereocenters. The second kappa shape index (κ2) is 11.3. The third kappa shape index (κ3) is 5.22. The van der Waals surface area contributed by atoms with Crippen LogP contribution in [0.15, 0.2) is 70.7 Å². The first-order valence-electron chi connectivity index (χ1n) is 12.6. The van der Waals surface area contributed by atoms with Gasteiger partial charge in [0.05, 0.1) is 34.4 Å². The van der Waals surface area contributed by atoms with Crippen LogP contribution in [0.25, 0.3) is 21.8 Å². The molecule has 2 fully saturated rings. The van der Waals surface area contributed by atoms with Gasteiger partial charge < -0.3 is 20.1 Å². The molecule has 2 aromatic carbocycles. The Morgan fingerprint density at radius 1 is 0.737 bits per heavy atom. The van der Waals surface area contributed by atoms with Crippen LogP contribution in [0.3, 0.4) is 0 Å². The van der Waals surface area contributed by atoms with Crippen molar-refractivity contribution < 1.29 is 19.1 Å². The number of hydrogen-bond acceptors (Lipinski definition) is 8. The lowest BCUT2D eigenvalue weighted by molar-refractivity contribution is -0.0473. The molecule has 2 aliphatic heterocycles. The molecule has 6 rings (SSSR count). The minimum absolute atomic E-state index is 0.104. The number of nitrogens with zero attached hydrogens (tertiary/aromatic N) is 2. The first kappa shape index (κ1) is 25.1. The highest BCUT2D eigenvalue weighted by molar-refractivity contribution is 8.76. The molecule has 0 bridgehead atoms. The zero-order valence-corrected chi connectivity index (χ0v) is 22.1. The highest BCUT2D eigenvalue weighted by Crippen LogP contribution is 2.42. The van der Waals surface area contributed by atoms with E-state index in [4.69, 9.17) is 9.47 Å². The summed E-state index contributed by atoms with van der Waals surface area (Å²) in [5, 5.41) is 7.55. The lowest BCUT2D eigenvalue weighted by Gasteiger charge is -2.26. The first-order chi connectivity index (χ1) is 18.7. The predicted octanol–water partition coefficient (Wildman–Crippen LogP) is 4.62. The highest BCUT2D eigenvalue weighted by Gasteiger charge is 2.21. The molecule has 4 aromatic rings. The molecule has 2 saturated heterocycles. The Balaban J connectivity index is 1.21. The number of hydrogen-bond donors (Lipinski definition) is 2. The molecular formula is C28H26N4O4S2. The molecule has 2 aliphatic rings. The van der Waals surface area contributed by atoms with Gasteiger partial charge in [0.2, 0.25) is 0 Å². The quantitative estimate of drug-likeness (QED) is 0.293. The van der Waals surface area contributed by atoms with Gasteiger partial charge in [-0.1, -0.05) is 45.9 Å². The number of nitrogens with one attached hydrogen (secondary N) is 2. The van der Waals surface area contributed by atoms with E-state index in [0.717, 1.165) is 57.7 Å². The number of benzene rings is 2. The fourth-order valence-electron chi connectivity index (χ4n) is 4.41. The summed E-state index contributed by atoms with van der Waals surface area (Å²) < 4.78 is 10.8. The minimum Gasteiger partial charge on any atom is -0.376 e. The lowest BCUT2D eigenvalue weighted by Crippen LogP contribution is -2.39. The van der Waals surface area contributed by atoms with E-state index in [9.17, 15) is 9.59 Å². The van der Waals surface area contributed by atoms with Gasteiger partial charge in [-0.3, -0.25) is 19.6 Å². The van der Waals surface area contributed by atoms with E-state index < -0.39 is 0 Å². The van der Waals surface area contributed by atoms with Gasteiger partial charge in [0.25, 0.3) is 11.8 Å². The zero-order valence-electron chi connectivity index (χ0n) is 20.5. The number of aromatic nitrogens is 2. The van der Waals surface area contributed by atoms with E-state index in [0.29, 0.717) is 24.2 Å². The number of amides is 2. The Labute approximate surface area is 227 Å². The van der Waals surface area contributed by atoms with E-state index in [-0.39, 0.29) is 24.0 Å². The van der Waals surface area contributed by atoms with Gasteiger partial charge in [-0.25, -0.2) is 0 Å². The number of carbonyl (C=O) groups excluding carboxylic acids is 2. The fourth-order valence-corrected chi connectivity index (χ4v) is 6.69. The number of rotatable bonds is 9. The van der Waals surface area contributed by atoms with Gasteiger partial charge in [0, 0.05) is 59.3 Å². The van der Waals surface area contributed by atoms with Gasteiger partial charge in [-0.05, 0) is 37.1 Å². The molecular weight excluding hydrogens is 520 g/mol. The third-order valence-electron chi connectivity index (χ3n) is 6.75. The summed E-state index contributed by atoms with van der Waals surface area (Å²) in [5.74, 6) is -0.258. The molecule has 4 heterocycles. The maximum absolute atomic E-state index is 12.9. The van der Waals surface area contributed by atoms with Crippen molar-refractivity contribution >= 4 is 55.2 Å². The van der Waals surface area contributed by atoms with Crippen LogP contribution in [0.2, 0.25) is 0 Å². The van der Waals surface area contributed by atoms with Crippen molar-refractivity contribution in [2.24, 2.45) is 0 Å². The Bertz CT molecular complexity index is 1390. The predicted molar refractivity (Wildman–Crippen MR) is 149 cm³/mol. The molecule has 2 N–H and O–H groups in total. The van der Waals surface area contributed by atoms with Crippen molar-refractivity contribution in [2.45, 2.75) is 34.8 Å². The van der Waals surface area contributed by atoms with Crippen LogP contribution in [0.5, 0.6) is 0 Å². The molecule has 194 valence electrons. The standard InChI is InChI=1S/C28H26N4O4S2/c33-27(31-15-17-9-13-35-17)21-7-11-29-25-19(21)3-1-5-23(25)37-38-24-6-2-4-20-22(8-12-30-26(20)24)28(34)32-16-18-10-14-36-18/h1-8,11-12,17-18H,9-10,13-16H2,(H,31,33)(H,32,34). The average Bonchev–Trinajstić information content (AvgIpc) is 2.89. The highest BCUT2D eigenvalue weighted by atomic mass is 33.1. The monoisotopic (exact) mass is 546 g/mol. The second-order valence-corrected chi connectivity index (χ2v) is 11.4. The van der Waals surface area contributed by atoms with E-state index in [1.807, 2.05) is 36.4 Å². The van der Waals surface area contributed by atoms with Gasteiger partial charge >= 0.3 is 0 Å². The molecule has 0 aliphatic carbocycles. The van der Waals surface area contributed by atoms with Crippen LogP contribution >= 0.6 is 21.6 Å². The Kier molecular flexibility index (Phi) is 7.46. The van der Waals surface area contributed by atoms with Crippen LogP contribution in [-0.2, 0) is 9.47 Å². The molecule has 8 nitrogen and oxygen atoms in total. The SMILES string of the molecule is O=C(NCC1CCO1)c1ccnc2c(SSc3cccc4c(C(=O)NCC5CCO5)ccnc34)cccc12. The molecule has 0 saturated carbocycles. The first-order valence-corrected chi connectivity index (χ1v) is 14.7. The van der Waals surface area contributed by atoms with Crippen LogP contribution in [-0.4, -0.2) is 60.3 Å². The molecule has 0 spiro atoms. The smallest absolute Gasteiger partial charge is 0.252 e. The summed E-state index contributed by atoms with van der Waals surface area (Å²) in [6, 6.07) is 15.2. The second-order valence-electron chi connectivity index (χ2n) is 9.17. The largest absolute Gasteiger partial charge is 0.376 e. The minimum atomic E-state index is -0.129. The Hall–Kier alpha value is -3.18. The molecule has 0 radical (unpaired) electrons. The van der Waals surface area contributed by atoms with E-state index >= 15 is 0 Å². The van der Waals surface area contributed by atoms with E-state index in [1.165, 1.54) is 0 Å². The summed E-state index contributed by atoms with van der Waals surface area (Å²) in [5.41, 5.74) is 2.72. The molecule has 2 amide bonds. The van der Waals surface area contributed by atoms with E-state index in [1.54, 1.807) is 46.1 Å². The van der Waals surface area contributed by atoms with Crippen molar-refractivity contribution in [2.75, 3.05) is 26.3 Å². The van der Waals surface area contributed by atoms with Crippen LogP contribution in [0, 0.1) is 0 Å². The van der Waals surface area contributed by atoms with E-state index in [2.05, 4.69) is 20.6 Å². The van der Waals surface area contributed by atoms with Gasteiger partial charge in [-0.2, -0.15) is 0 Å². The summed E-state index contributed by atoms with van der Waals surface area (Å²) >= 11 is 0. The Morgan fingerprint density at radius 3 is 1.58 bits per heavy atom. The maximum atomic E-state index is 12.9. The molecule has 10 heteroatoms. The number of para-hydroxylation sites is 2. The van der Waals surface area contributed by atoms with Crippen LogP contribution in [0.1, 0.15) is 33.6 Å². The summed E-state index contributed by atoms with van der Waals surface area (Å²) in [6.45, 7) is 2.53. The summed E-state index contributed by atoms with van der Waals surface area (Å²) in [4.78, 5) is 36.8. The number of ether oxygens (including phenoxy) is 2. The normalized spacial score (nSPS) is 18.5. The number of fused-ring (bicyclic) bond motifs is 2. The van der Waals surface area contributed by atoms with Gasteiger partial charge in [0.1, 0.15) is 0 Å². The van der Waals surface area contributed by atoms with Crippen molar-refractivity contribution in [3.63, 3.8) is 0 Å². The molecule has 2 aromatic heterocycles. The summed E-state index contributed by atoms with van der Waals surface area (Å²) in [7, 11) is 3.11. The zero-order chi connectivity index (χ0) is 25.9. The maximum Gasteiger partial charge on any atom is 0.252 e. The lowest BCUT2D eigenvalue weighted by atomic mass is 10.1. The van der Waals surface area contributed by atoms with Crippen LogP contribution in [0.4, 0.5) is 0 Å². The van der Waals surface area contributed by atoms with Crippen molar-refractivity contribution in [1.82, 2.24) is 20.6 Å². The number of pyridine rings is 2. The third-order valence-corrected chi connectivity index (χ3v) is 9.17. The summed E-state index contributed by atoms with van der Waals surface area (Å²) in [6.07, 6.45) is 5.50. The fraction of sp³-hybridized carbons (Fsp3) is 0.286. The molecule has 2 unspecified atom stereocenters. The van der Waals surface area contributed by atoms with Gasteiger partial charge in [-0.15, -0.1) is 0 Å². The topological polar surface area (TPSA) is 102 Å². The number of carbonyl (C=O) groups is 2. The molecule has 38 heavy (non-hydrogen) atoms. The van der Waals surface area contributed by atoms with Crippen molar-refractivity contribution in [3.05, 3.63) is 72.1 Å². The Morgan fingerprint density at radius 2 is 1.18 bits per heavy atom. The average molecular weight is 547 g/mol. The van der Waals surface area contributed by atoms with Crippen molar-refractivity contribution in [1.29, 1.82) is 0 Å². The van der Waals surface area contributed by atoms with Crippen molar-refractivity contribution in [3.8, 4) is 0 Å². The van der Waals surface area contributed by atoms with Crippen LogP contribution < -0.4 is 10.6 Å². The van der Waals surface area contributed by atoms with Gasteiger partial charge in [0.15, 0.2) is 0 Å².